The highest BCUT2D eigenvalue weighted by molar-refractivity contribution is 9.10. The van der Waals surface area contributed by atoms with Crippen molar-refractivity contribution in [3.05, 3.63) is 39.2 Å². The minimum absolute atomic E-state index is 0.0130. The molecule has 5 nitrogen and oxygen atoms in total. The molecule has 1 aliphatic carbocycles. The fraction of sp³-hybridized carbons (Fsp3) is 0.524. The summed E-state index contributed by atoms with van der Waals surface area (Å²) in [5.41, 5.74) is 1.13. The number of aliphatic hydroxyl groups is 1. The van der Waals surface area contributed by atoms with Gasteiger partial charge in [-0.2, -0.15) is 0 Å². The molecule has 1 unspecified atom stereocenters. The Balaban J connectivity index is 1.77. The van der Waals surface area contributed by atoms with Gasteiger partial charge in [0.05, 0.1) is 6.10 Å². The molecule has 28 heavy (non-hydrogen) atoms. The molecule has 0 spiro atoms. The average molecular weight is 471 g/mol. The van der Waals surface area contributed by atoms with Crippen molar-refractivity contribution in [3.8, 4) is 5.06 Å². The summed E-state index contributed by atoms with van der Waals surface area (Å²) in [6.07, 6.45) is 9.63. The second-order valence-corrected chi connectivity index (χ2v) is 9.06. The molecule has 0 saturated heterocycles. The lowest BCUT2D eigenvalue weighted by Gasteiger charge is -2.14. The summed E-state index contributed by atoms with van der Waals surface area (Å²) in [6.45, 7) is 2.03. The number of Topliss-reactive ketones (excluding diaryl/α,β-unsaturated/α-hetero) is 1. The average Bonchev–Trinajstić information content (AvgIpc) is 3.16. The van der Waals surface area contributed by atoms with E-state index in [1.807, 2.05) is 31.2 Å². The van der Waals surface area contributed by atoms with Gasteiger partial charge in [0, 0.05) is 34.2 Å². The molecule has 1 fully saturated rings. The van der Waals surface area contributed by atoms with Crippen molar-refractivity contribution in [1.82, 2.24) is 0 Å². The van der Waals surface area contributed by atoms with Crippen LogP contribution in [0.25, 0.3) is 0 Å². The molecule has 0 radical (unpaired) electrons. The van der Waals surface area contributed by atoms with Gasteiger partial charge in [0.25, 0.3) is 0 Å². The van der Waals surface area contributed by atoms with Crippen molar-refractivity contribution in [2.24, 2.45) is 5.92 Å². The van der Waals surface area contributed by atoms with Gasteiger partial charge in [-0.25, -0.2) is 0 Å². The van der Waals surface area contributed by atoms with E-state index in [2.05, 4.69) is 15.9 Å². The van der Waals surface area contributed by atoms with Crippen LogP contribution in [0.1, 0.15) is 49.8 Å². The number of ether oxygens (including phenoxy) is 1. The number of aliphatic carboxylic acids is 1. The van der Waals surface area contributed by atoms with Gasteiger partial charge in [-0.15, -0.1) is 11.3 Å². The van der Waals surface area contributed by atoms with Crippen LogP contribution in [0.2, 0.25) is 0 Å². The number of thiophene rings is 1. The zero-order valence-electron chi connectivity index (χ0n) is 16.0. The Bertz CT molecular complexity index is 718. The molecule has 7 heteroatoms. The number of carboxylic acid groups (broad SMARTS) is 1. The van der Waals surface area contributed by atoms with Crippen molar-refractivity contribution < 1.29 is 24.5 Å². The third-order valence-electron chi connectivity index (χ3n) is 4.79. The molecule has 2 rings (SSSR count). The molecule has 2 N–H and O–H groups in total. The van der Waals surface area contributed by atoms with Gasteiger partial charge in [0.2, 0.25) is 0 Å². The third-order valence-corrected chi connectivity index (χ3v) is 6.84. The highest BCUT2D eigenvalue weighted by Gasteiger charge is 2.28. The number of hydrogen-bond acceptors (Lipinski definition) is 5. The maximum Gasteiger partial charge on any atom is 0.303 e. The number of carbonyl (C=O) groups is 2. The van der Waals surface area contributed by atoms with E-state index in [1.54, 1.807) is 0 Å². The van der Waals surface area contributed by atoms with Gasteiger partial charge in [0.15, 0.2) is 10.8 Å². The first kappa shape index (κ1) is 22.8. The van der Waals surface area contributed by atoms with Crippen LogP contribution in [-0.4, -0.2) is 34.7 Å². The summed E-state index contributed by atoms with van der Waals surface area (Å²) in [5, 5.41) is 19.6. The molecule has 0 amide bonds. The Labute approximate surface area is 178 Å². The lowest BCUT2D eigenvalue weighted by Crippen LogP contribution is -2.14. The normalized spacial score (nSPS) is 20.9. The quantitative estimate of drug-likeness (QED) is 0.348. The van der Waals surface area contributed by atoms with Gasteiger partial charge in [0.1, 0.15) is 6.61 Å². The smallest absolute Gasteiger partial charge is 0.303 e. The second kappa shape index (κ2) is 11.5. The monoisotopic (exact) mass is 470 g/mol. The van der Waals surface area contributed by atoms with E-state index >= 15 is 0 Å². The maximum atomic E-state index is 12.1. The number of halogens is 1. The summed E-state index contributed by atoms with van der Waals surface area (Å²) in [4.78, 5) is 23.7. The highest BCUT2D eigenvalue weighted by atomic mass is 79.9. The predicted molar refractivity (Wildman–Crippen MR) is 114 cm³/mol. The fourth-order valence-corrected chi connectivity index (χ4v) is 4.56. The van der Waals surface area contributed by atoms with Crippen LogP contribution in [0.4, 0.5) is 0 Å². The topological polar surface area (TPSA) is 83.8 Å². The largest absolute Gasteiger partial charge is 0.481 e. The Hall–Kier alpha value is -1.44. The van der Waals surface area contributed by atoms with E-state index in [0.717, 1.165) is 39.2 Å². The number of aryl methyl sites for hydroxylation is 1. The van der Waals surface area contributed by atoms with Crippen LogP contribution in [0.15, 0.2) is 34.3 Å². The summed E-state index contributed by atoms with van der Waals surface area (Å²) < 4.78 is 6.55. The zero-order chi connectivity index (χ0) is 20.5. The summed E-state index contributed by atoms with van der Waals surface area (Å²) in [6, 6.07) is 1.87. The van der Waals surface area contributed by atoms with Crippen molar-refractivity contribution in [3.63, 3.8) is 0 Å². The van der Waals surface area contributed by atoms with Crippen molar-refractivity contribution in [1.29, 1.82) is 0 Å². The van der Waals surface area contributed by atoms with Gasteiger partial charge in [-0.3, -0.25) is 9.59 Å². The van der Waals surface area contributed by atoms with E-state index in [9.17, 15) is 14.7 Å². The summed E-state index contributed by atoms with van der Waals surface area (Å²) >= 11 is 4.94. The zero-order valence-corrected chi connectivity index (χ0v) is 18.4. The number of carbonyl (C=O) groups excluding carboxylic acids is 1. The van der Waals surface area contributed by atoms with Crippen LogP contribution in [0.3, 0.4) is 0 Å². The number of ketones is 1. The van der Waals surface area contributed by atoms with E-state index in [1.165, 1.54) is 11.3 Å². The van der Waals surface area contributed by atoms with Gasteiger partial charge in [-0.05, 0) is 55.0 Å². The van der Waals surface area contributed by atoms with Crippen LogP contribution in [0, 0.1) is 12.8 Å². The van der Waals surface area contributed by atoms with Crippen molar-refractivity contribution in [2.45, 2.75) is 58.0 Å². The number of carboxylic acids is 1. The molecule has 0 aromatic carbocycles. The number of allylic oxidation sites excluding steroid dienone is 3. The first-order valence-electron chi connectivity index (χ1n) is 9.51. The molecule has 0 aliphatic heterocycles. The Kier molecular flexibility index (Phi) is 9.41. The summed E-state index contributed by atoms with van der Waals surface area (Å²) in [7, 11) is 0. The van der Waals surface area contributed by atoms with Gasteiger partial charge >= 0.3 is 5.97 Å². The fourth-order valence-electron chi connectivity index (χ4n) is 3.20. The number of hydrogen-bond donors (Lipinski definition) is 2. The standard InChI is InChI=1S/C21H27BrO5S/c1-14-18(22)12-21(28-14)27-13-16(23)10-8-15-9-11-19(24)17(15)6-4-2-3-5-7-20(25)26/h2,4,8,12,17,19,24H,3,5-7,9-11,13H2,1H3,(H,25,26)/t17-,19?/m1/s1. The first-order chi connectivity index (χ1) is 13.4. The second-order valence-electron chi connectivity index (χ2n) is 6.99. The molecule has 1 heterocycles. The van der Waals surface area contributed by atoms with E-state index < -0.39 is 5.97 Å². The third kappa shape index (κ3) is 7.53. The molecule has 1 aromatic rings. The van der Waals surface area contributed by atoms with Gasteiger partial charge < -0.3 is 14.9 Å². The summed E-state index contributed by atoms with van der Waals surface area (Å²) in [5.74, 6) is -0.722. The van der Waals surface area contributed by atoms with Crippen LogP contribution < -0.4 is 4.74 Å². The Morgan fingerprint density at radius 2 is 2.18 bits per heavy atom. The number of aliphatic hydroxyl groups excluding tert-OH is 1. The lowest BCUT2D eigenvalue weighted by atomic mass is 9.95. The lowest BCUT2D eigenvalue weighted by molar-refractivity contribution is -0.137. The molecule has 154 valence electrons. The first-order valence-corrected chi connectivity index (χ1v) is 11.1. The molecular formula is C21H27BrO5S. The Morgan fingerprint density at radius 1 is 1.39 bits per heavy atom. The van der Waals surface area contributed by atoms with Gasteiger partial charge in [-0.1, -0.05) is 23.8 Å². The van der Waals surface area contributed by atoms with Crippen LogP contribution in [-0.2, 0) is 9.59 Å². The van der Waals surface area contributed by atoms with E-state index in [4.69, 9.17) is 9.84 Å². The molecule has 0 bridgehead atoms. The number of rotatable bonds is 11. The molecule has 2 atom stereocenters. The van der Waals surface area contributed by atoms with Crippen LogP contribution >= 0.6 is 27.3 Å². The molecular weight excluding hydrogens is 444 g/mol. The SMILES string of the molecule is Cc1sc(OCC(=O)CC=C2CCC(O)[C@@H]2CC=CCCCC(=O)O)cc1Br. The van der Waals surface area contributed by atoms with Crippen molar-refractivity contribution >= 4 is 39.0 Å². The number of unbranched alkanes of at least 4 members (excludes halogenated alkanes) is 1. The molecule has 1 aromatic heterocycles. The van der Waals surface area contributed by atoms with E-state index in [0.29, 0.717) is 19.3 Å². The molecule has 1 aliphatic rings. The highest BCUT2D eigenvalue weighted by Crippen LogP contribution is 2.35. The van der Waals surface area contributed by atoms with Crippen LogP contribution in [0.5, 0.6) is 5.06 Å². The minimum Gasteiger partial charge on any atom is -0.481 e. The van der Waals surface area contributed by atoms with Crippen molar-refractivity contribution in [2.75, 3.05) is 6.61 Å². The molecule has 1 saturated carbocycles. The van der Waals surface area contributed by atoms with E-state index in [-0.39, 0.29) is 30.8 Å². The Morgan fingerprint density at radius 3 is 2.86 bits per heavy atom. The maximum absolute atomic E-state index is 12.1. The minimum atomic E-state index is -0.777. The predicted octanol–water partition coefficient (Wildman–Crippen LogP) is 5.06.